The van der Waals surface area contributed by atoms with Gasteiger partial charge in [-0.25, -0.2) is 9.67 Å². The molecule has 19 heavy (non-hydrogen) atoms. The average Bonchev–Trinajstić information content (AvgIpc) is 2.81. The van der Waals surface area contributed by atoms with E-state index in [1.54, 1.807) is 6.33 Å². The van der Waals surface area contributed by atoms with Gasteiger partial charge in [0.15, 0.2) is 0 Å². The number of unbranched alkanes of at least 4 members (excludes halogenated alkanes) is 5. The molecule has 1 aromatic rings. The maximum Gasteiger partial charge on any atom is 0.138 e. The van der Waals surface area contributed by atoms with Crippen LogP contribution in [0.25, 0.3) is 0 Å². The second-order valence-corrected chi connectivity index (χ2v) is 5.63. The zero-order chi connectivity index (χ0) is 14.1. The Morgan fingerprint density at radius 2 is 1.84 bits per heavy atom. The molecule has 0 saturated heterocycles. The second kappa shape index (κ2) is 9.08. The summed E-state index contributed by atoms with van der Waals surface area (Å²) in [5.74, 6) is 0.897. The van der Waals surface area contributed by atoms with Gasteiger partial charge in [0.2, 0.25) is 0 Å². The van der Waals surface area contributed by atoms with Crippen molar-refractivity contribution in [3.05, 3.63) is 12.2 Å². The molecule has 1 N–H and O–H groups in total. The molecule has 1 rings (SSSR count). The minimum Gasteiger partial charge on any atom is -0.393 e. The summed E-state index contributed by atoms with van der Waals surface area (Å²) in [4.78, 5) is 4.24. The molecule has 0 bridgehead atoms. The minimum absolute atomic E-state index is 0.284. The summed E-state index contributed by atoms with van der Waals surface area (Å²) >= 11 is 0. The minimum atomic E-state index is -0.284. The van der Waals surface area contributed by atoms with E-state index in [0.29, 0.717) is 12.5 Å². The van der Waals surface area contributed by atoms with E-state index in [4.69, 9.17) is 0 Å². The predicted molar refractivity (Wildman–Crippen MR) is 78.1 cm³/mol. The molecular formula is C15H29N3O. The highest BCUT2D eigenvalue weighted by molar-refractivity contribution is 4.89. The summed E-state index contributed by atoms with van der Waals surface area (Å²) in [6.45, 7) is 6.39. The normalized spacial score (nSPS) is 13.1. The fourth-order valence-electron chi connectivity index (χ4n) is 2.32. The third kappa shape index (κ3) is 6.19. The summed E-state index contributed by atoms with van der Waals surface area (Å²) in [5, 5.41) is 14.2. The van der Waals surface area contributed by atoms with Crippen molar-refractivity contribution >= 4 is 0 Å². The van der Waals surface area contributed by atoms with Crippen LogP contribution in [-0.4, -0.2) is 26.0 Å². The van der Waals surface area contributed by atoms with Crippen LogP contribution in [0, 0.1) is 0 Å². The first-order chi connectivity index (χ1) is 9.15. The molecule has 110 valence electrons. The lowest BCUT2D eigenvalue weighted by molar-refractivity contribution is 0.156. The van der Waals surface area contributed by atoms with Crippen LogP contribution in [0.15, 0.2) is 6.33 Å². The maximum atomic E-state index is 10.0. The Kier molecular flexibility index (Phi) is 7.72. The largest absolute Gasteiger partial charge is 0.393 e. The van der Waals surface area contributed by atoms with Gasteiger partial charge in [-0.05, 0) is 20.3 Å². The van der Waals surface area contributed by atoms with Crippen LogP contribution in [0.5, 0.6) is 0 Å². The second-order valence-electron chi connectivity index (χ2n) is 5.63. The van der Waals surface area contributed by atoms with Crippen LogP contribution in [-0.2, 0) is 6.42 Å². The van der Waals surface area contributed by atoms with Crippen molar-refractivity contribution in [3.8, 4) is 0 Å². The van der Waals surface area contributed by atoms with Crippen molar-refractivity contribution < 1.29 is 5.11 Å². The molecule has 0 aliphatic rings. The van der Waals surface area contributed by atoms with E-state index >= 15 is 0 Å². The van der Waals surface area contributed by atoms with Gasteiger partial charge in [0, 0.05) is 12.5 Å². The van der Waals surface area contributed by atoms with Gasteiger partial charge in [0.25, 0.3) is 0 Å². The molecule has 0 aliphatic heterocycles. The number of rotatable bonds is 10. The number of hydrogen-bond acceptors (Lipinski definition) is 3. The molecule has 1 unspecified atom stereocenters. The van der Waals surface area contributed by atoms with E-state index in [-0.39, 0.29) is 6.10 Å². The van der Waals surface area contributed by atoms with Crippen molar-refractivity contribution in [1.82, 2.24) is 14.8 Å². The van der Waals surface area contributed by atoms with Crippen LogP contribution in [0.3, 0.4) is 0 Å². The third-order valence-electron chi connectivity index (χ3n) is 3.45. The third-order valence-corrected chi connectivity index (χ3v) is 3.45. The smallest absolute Gasteiger partial charge is 0.138 e. The molecule has 1 aromatic heterocycles. The Morgan fingerprint density at radius 3 is 2.53 bits per heavy atom. The molecule has 0 fully saturated rings. The number of aliphatic hydroxyl groups is 1. The Balaban J connectivity index is 2.20. The number of aliphatic hydroxyl groups excluding tert-OH is 1. The fraction of sp³-hybridized carbons (Fsp3) is 0.867. The Labute approximate surface area is 117 Å². The molecule has 1 atom stereocenters. The van der Waals surface area contributed by atoms with Gasteiger partial charge >= 0.3 is 0 Å². The Bertz CT molecular complexity index is 336. The molecule has 0 radical (unpaired) electrons. The maximum absolute atomic E-state index is 10.0. The van der Waals surface area contributed by atoms with Gasteiger partial charge in [-0.3, -0.25) is 0 Å². The van der Waals surface area contributed by atoms with Crippen LogP contribution >= 0.6 is 0 Å². The predicted octanol–water partition coefficient (Wildman–Crippen LogP) is 3.51. The van der Waals surface area contributed by atoms with Gasteiger partial charge in [0.1, 0.15) is 12.2 Å². The summed E-state index contributed by atoms with van der Waals surface area (Å²) < 4.78 is 1.89. The highest BCUT2D eigenvalue weighted by Gasteiger charge is 2.12. The van der Waals surface area contributed by atoms with Crippen molar-refractivity contribution in [2.24, 2.45) is 0 Å². The van der Waals surface area contributed by atoms with E-state index in [2.05, 4.69) is 30.9 Å². The lowest BCUT2D eigenvalue weighted by Gasteiger charge is -2.13. The molecule has 0 aromatic carbocycles. The van der Waals surface area contributed by atoms with Crippen LogP contribution < -0.4 is 0 Å². The number of aromatic nitrogens is 3. The standard InChI is InChI=1S/C15H29N3O/c1-4-5-6-7-8-9-10-14(19)11-15-16-12-17-18(15)13(2)3/h12-14,19H,4-11H2,1-3H3. The first kappa shape index (κ1) is 16.2. The van der Waals surface area contributed by atoms with Gasteiger partial charge in [-0.15, -0.1) is 0 Å². The van der Waals surface area contributed by atoms with Crippen molar-refractivity contribution in [1.29, 1.82) is 0 Å². The van der Waals surface area contributed by atoms with Crippen LogP contribution in [0.4, 0.5) is 0 Å². The van der Waals surface area contributed by atoms with Gasteiger partial charge in [-0.2, -0.15) is 5.10 Å². The lowest BCUT2D eigenvalue weighted by Crippen LogP contribution is -2.16. The topological polar surface area (TPSA) is 50.9 Å². The fourth-order valence-corrected chi connectivity index (χ4v) is 2.32. The first-order valence-corrected chi connectivity index (χ1v) is 7.71. The Morgan fingerprint density at radius 1 is 1.16 bits per heavy atom. The highest BCUT2D eigenvalue weighted by Crippen LogP contribution is 2.12. The van der Waals surface area contributed by atoms with E-state index < -0.39 is 0 Å². The SMILES string of the molecule is CCCCCCCCC(O)Cc1ncnn1C(C)C. The van der Waals surface area contributed by atoms with Crippen molar-refractivity contribution in [2.45, 2.75) is 84.3 Å². The molecule has 0 spiro atoms. The van der Waals surface area contributed by atoms with Gasteiger partial charge in [-0.1, -0.05) is 45.4 Å². The summed E-state index contributed by atoms with van der Waals surface area (Å²) in [7, 11) is 0. The van der Waals surface area contributed by atoms with Gasteiger partial charge in [0.05, 0.1) is 6.10 Å². The average molecular weight is 267 g/mol. The van der Waals surface area contributed by atoms with E-state index in [1.165, 1.54) is 32.1 Å². The van der Waals surface area contributed by atoms with Crippen LogP contribution in [0.2, 0.25) is 0 Å². The summed E-state index contributed by atoms with van der Waals surface area (Å²) in [5.41, 5.74) is 0. The quantitative estimate of drug-likeness (QED) is 0.660. The monoisotopic (exact) mass is 267 g/mol. The molecule has 0 amide bonds. The van der Waals surface area contributed by atoms with E-state index in [0.717, 1.165) is 18.7 Å². The molecule has 0 aliphatic carbocycles. The van der Waals surface area contributed by atoms with E-state index in [9.17, 15) is 5.11 Å². The number of nitrogens with zero attached hydrogens (tertiary/aromatic N) is 3. The molecule has 1 heterocycles. The van der Waals surface area contributed by atoms with Crippen molar-refractivity contribution in [3.63, 3.8) is 0 Å². The number of hydrogen-bond donors (Lipinski definition) is 1. The Hall–Kier alpha value is -0.900. The van der Waals surface area contributed by atoms with Crippen LogP contribution in [0.1, 0.15) is 77.6 Å². The molecule has 0 saturated carbocycles. The van der Waals surface area contributed by atoms with E-state index in [1.807, 2.05) is 4.68 Å². The zero-order valence-electron chi connectivity index (χ0n) is 12.7. The molecular weight excluding hydrogens is 238 g/mol. The lowest BCUT2D eigenvalue weighted by atomic mass is 10.1. The zero-order valence-corrected chi connectivity index (χ0v) is 12.7. The highest BCUT2D eigenvalue weighted by atomic mass is 16.3. The first-order valence-electron chi connectivity index (χ1n) is 7.71. The van der Waals surface area contributed by atoms with Crippen molar-refractivity contribution in [2.75, 3.05) is 0 Å². The summed E-state index contributed by atoms with van der Waals surface area (Å²) in [6.07, 6.45) is 10.4. The van der Waals surface area contributed by atoms with Gasteiger partial charge < -0.3 is 5.11 Å². The molecule has 4 heteroatoms. The summed E-state index contributed by atoms with van der Waals surface area (Å²) in [6, 6.07) is 0.304. The molecule has 4 nitrogen and oxygen atoms in total.